The molecule has 1 aromatic heterocycles. The van der Waals surface area contributed by atoms with Crippen molar-refractivity contribution in [2.45, 2.75) is 20.4 Å². The van der Waals surface area contributed by atoms with Crippen molar-refractivity contribution >= 4 is 28.1 Å². The topological polar surface area (TPSA) is 33.4 Å². The maximum atomic E-state index is 4.35. The fourth-order valence-electron chi connectivity index (χ4n) is 1.14. The molecule has 0 amide bonds. The van der Waals surface area contributed by atoms with Crippen LogP contribution in [0.25, 0.3) is 0 Å². The van der Waals surface area contributed by atoms with Gasteiger partial charge in [-0.3, -0.25) is 0 Å². The van der Waals surface area contributed by atoms with Crippen LogP contribution < -0.4 is 0 Å². The van der Waals surface area contributed by atoms with Gasteiger partial charge >= 0.3 is 0 Å². The Bertz CT molecular complexity index is 341. The van der Waals surface area contributed by atoms with E-state index in [4.69, 9.17) is 0 Å². The molecule has 1 rings (SSSR count). The zero-order valence-corrected chi connectivity index (χ0v) is 11.2. The zero-order valence-electron chi connectivity index (χ0n) is 9.61. The number of rotatable bonds is 4. The maximum absolute atomic E-state index is 4.35. The first-order chi connectivity index (χ1) is 6.99. The van der Waals surface area contributed by atoms with Crippen LogP contribution in [0.3, 0.4) is 0 Å². The van der Waals surface area contributed by atoms with Crippen molar-refractivity contribution in [2.75, 3.05) is 14.1 Å². The van der Waals surface area contributed by atoms with Gasteiger partial charge in [-0.05, 0) is 21.8 Å². The molecule has 0 aliphatic rings. The second-order valence-electron chi connectivity index (χ2n) is 4.11. The smallest absolute Gasteiger partial charge is 0.153 e. The monoisotopic (exact) mass is 272 g/mol. The number of aromatic nitrogens is 2. The molecule has 1 heterocycles. The standard InChI is InChI=1S/C10H17BrN4/c1-8(2)6-15-10(5-9(11)13-15)12-7-14(3)4/h5,7-8H,6H2,1-4H3. The van der Waals surface area contributed by atoms with E-state index < -0.39 is 0 Å². The lowest BCUT2D eigenvalue weighted by Gasteiger charge is -2.07. The molecule has 1 aromatic rings. The van der Waals surface area contributed by atoms with E-state index in [0.717, 1.165) is 17.0 Å². The van der Waals surface area contributed by atoms with Gasteiger partial charge in [0, 0.05) is 26.7 Å². The summed E-state index contributed by atoms with van der Waals surface area (Å²) in [5.41, 5.74) is 0. The van der Waals surface area contributed by atoms with Gasteiger partial charge in [0.05, 0.1) is 6.34 Å². The van der Waals surface area contributed by atoms with Crippen molar-refractivity contribution in [3.05, 3.63) is 10.7 Å². The molecule has 5 heteroatoms. The molecule has 0 N–H and O–H groups in total. The molecular formula is C10H17BrN4. The van der Waals surface area contributed by atoms with Gasteiger partial charge in [-0.2, -0.15) is 5.10 Å². The Hall–Kier alpha value is -0.840. The molecule has 0 aromatic carbocycles. The van der Waals surface area contributed by atoms with Gasteiger partial charge < -0.3 is 4.90 Å². The van der Waals surface area contributed by atoms with Gasteiger partial charge in [0.1, 0.15) is 4.60 Å². The average molecular weight is 273 g/mol. The maximum Gasteiger partial charge on any atom is 0.153 e. The van der Waals surface area contributed by atoms with Gasteiger partial charge in [0.2, 0.25) is 0 Å². The number of nitrogens with zero attached hydrogens (tertiary/aromatic N) is 4. The molecule has 0 aliphatic heterocycles. The van der Waals surface area contributed by atoms with Crippen molar-refractivity contribution in [3.8, 4) is 0 Å². The molecule has 0 atom stereocenters. The second kappa shape index (κ2) is 5.30. The largest absolute Gasteiger partial charge is 0.369 e. The highest BCUT2D eigenvalue weighted by atomic mass is 79.9. The van der Waals surface area contributed by atoms with Crippen molar-refractivity contribution in [3.63, 3.8) is 0 Å². The first-order valence-corrected chi connectivity index (χ1v) is 5.72. The Morgan fingerprint density at radius 1 is 1.60 bits per heavy atom. The summed E-state index contributed by atoms with van der Waals surface area (Å²) in [6.45, 7) is 5.20. The van der Waals surface area contributed by atoms with Crippen molar-refractivity contribution in [2.24, 2.45) is 10.9 Å². The fourth-order valence-corrected chi connectivity index (χ4v) is 1.53. The average Bonchev–Trinajstić information content (AvgIpc) is 2.41. The Kier molecular flexibility index (Phi) is 4.32. The highest BCUT2D eigenvalue weighted by Gasteiger charge is 2.06. The Morgan fingerprint density at radius 2 is 2.27 bits per heavy atom. The molecule has 4 nitrogen and oxygen atoms in total. The Balaban J connectivity index is 2.86. The van der Waals surface area contributed by atoms with E-state index >= 15 is 0 Å². The van der Waals surface area contributed by atoms with Crippen molar-refractivity contribution in [1.29, 1.82) is 0 Å². The third-order valence-electron chi connectivity index (χ3n) is 1.69. The van der Waals surface area contributed by atoms with Gasteiger partial charge in [-0.1, -0.05) is 13.8 Å². The summed E-state index contributed by atoms with van der Waals surface area (Å²) in [5.74, 6) is 1.44. The summed E-state index contributed by atoms with van der Waals surface area (Å²) in [6.07, 6.45) is 1.78. The van der Waals surface area contributed by atoms with E-state index in [1.165, 1.54) is 0 Å². The van der Waals surface area contributed by atoms with E-state index in [-0.39, 0.29) is 0 Å². The van der Waals surface area contributed by atoms with E-state index in [9.17, 15) is 0 Å². The predicted molar refractivity (Wildman–Crippen MR) is 66.6 cm³/mol. The normalized spacial score (nSPS) is 11.6. The number of hydrogen-bond donors (Lipinski definition) is 0. The van der Waals surface area contributed by atoms with Crippen LogP contribution in [0.5, 0.6) is 0 Å². The predicted octanol–water partition coefficient (Wildman–Crippen LogP) is 2.52. The van der Waals surface area contributed by atoms with Crippen LogP contribution in [0.2, 0.25) is 0 Å². The quantitative estimate of drug-likeness (QED) is 0.624. The van der Waals surface area contributed by atoms with Crippen molar-refractivity contribution in [1.82, 2.24) is 14.7 Å². The molecule has 0 radical (unpaired) electrons. The van der Waals surface area contributed by atoms with E-state index in [2.05, 4.69) is 39.9 Å². The van der Waals surface area contributed by atoms with Crippen molar-refractivity contribution < 1.29 is 0 Å². The zero-order chi connectivity index (χ0) is 11.4. The molecule has 15 heavy (non-hydrogen) atoms. The third-order valence-corrected chi connectivity index (χ3v) is 2.08. The molecular weight excluding hydrogens is 256 g/mol. The minimum Gasteiger partial charge on any atom is -0.369 e. The number of aliphatic imine (C=N–C) groups is 1. The summed E-state index contributed by atoms with van der Waals surface area (Å²) in [7, 11) is 3.89. The summed E-state index contributed by atoms with van der Waals surface area (Å²) < 4.78 is 2.74. The molecule has 0 saturated heterocycles. The van der Waals surface area contributed by atoms with Crippen LogP contribution in [-0.2, 0) is 6.54 Å². The second-order valence-corrected chi connectivity index (χ2v) is 4.92. The van der Waals surface area contributed by atoms with Gasteiger partial charge in [0.25, 0.3) is 0 Å². The number of hydrogen-bond acceptors (Lipinski definition) is 2. The van der Waals surface area contributed by atoms with Crippen LogP contribution in [0.1, 0.15) is 13.8 Å². The molecule has 0 bridgehead atoms. The molecule has 0 saturated carbocycles. The lowest BCUT2D eigenvalue weighted by Crippen LogP contribution is -2.09. The van der Waals surface area contributed by atoms with E-state index in [1.807, 2.05) is 29.7 Å². The summed E-state index contributed by atoms with van der Waals surface area (Å²) >= 11 is 3.36. The minimum absolute atomic E-state index is 0.560. The van der Waals surface area contributed by atoms with Crippen LogP contribution in [0.15, 0.2) is 15.7 Å². The fraction of sp³-hybridized carbons (Fsp3) is 0.600. The van der Waals surface area contributed by atoms with E-state index in [1.54, 1.807) is 6.34 Å². The lowest BCUT2D eigenvalue weighted by atomic mass is 10.2. The lowest BCUT2D eigenvalue weighted by molar-refractivity contribution is 0.484. The molecule has 0 aliphatic carbocycles. The van der Waals surface area contributed by atoms with Crippen LogP contribution in [0.4, 0.5) is 5.82 Å². The first-order valence-electron chi connectivity index (χ1n) is 4.93. The van der Waals surface area contributed by atoms with Gasteiger partial charge in [0.15, 0.2) is 5.82 Å². The Labute approximate surface area is 99.1 Å². The summed E-state index contributed by atoms with van der Waals surface area (Å²) in [6, 6.07) is 1.92. The SMILES string of the molecule is CC(C)Cn1nc(Br)cc1N=CN(C)C. The highest BCUT2D eigenvalue weighted by Crippen LogP contribution is 2.19. The molecule has 0 fully saturated rings. The number of halogens is 1. The molecule has 84 valence electrons. The first kappa shape index (κ1) is 12.2. The molecule has 0 spiro atoms. The van der Waals surface area contributed by atoms with Crippen LogP contribution >= 0.6 is 15.9 Å². The molecule has 0 unspecified atom stereocenters. The van der Waals surface area contributed by atoms with Crippen LogP contribution in [0, 0.1) is 5.92 Å². The van der Waals surface area contributed by atoms with E-state index in [0.29, 0.717) is 5.92 Å². The van der Waals surface area contributed by atoms with Gasteiger partial charge in [-0.15, -0.1) is 0 Å². The summed E-state index contributed by atoms with van der Waals surface area (Å²) in [5, 5.41) is 4.33. The van der Waals surface area contributed by atoms with Crippen LogP contribution in [-0.4, -0.2) is 35.1 Å². The highest BCUT2D eigenvalue weighted by molar-refractivity contribution is 9.10. The van der Waals surface area contributed by atoms with Gasteiger partial charge in [-0.25, -0.2) is 9.67 Å². The minimum atomic E-state index is 0.560. The Morgan fingerprint density at radius 3 is 2.80 bits per heavy atom. The summed E-state index contributed by atoms with van der Waals surface area (Å²) in [4.78, 5) is 6.25. The third kappa shape index (κ3) is 4.03.